The Bertz CT molecular complexity index is 700. The predicted molar refractivity (Wildman–Crippen MR) is 91.6 cm³/mol. The van der Waals surface area contributed by atoms with Gasteiger partial charge in [0.15, 0.2) is 0 Å². The Morgan fingerprint density at radius 3 is 2.55 bits per heavy atom. The van der Waals surface area contributed by atoms with Crippen LogP contribution >= 0.6 is 0 Å². The lowest BCUT2D eigenvalue weighted by atomic mass is 10.0. The highest BCUT2D eigenvalue weighted by molar-refractivity contribution is 5.98. The molecular formula is C18H22N2O2. The molecule has 0 aromatic heterocycles. The third-order valence-corrected chi connectivity index (χ3v) is 3.05. The molecule has 0 fully saturated rings. The smallest absolute Gasteiger partial charge is 0.407 e. The molecule has 3 N–H and O–H groups in total. The number of carbonyl (C=O) groups is 1. The van der Waals surface area contributed by atoms with Crippen molar-refractivity contribution in [2.24, 2.45) is 0 Å². The summed E-state index contributed by atoms with van der Waals surface area (Å²) in [5, 5.41) is 4.82. The molecular weight excluding hydrogens is 276 g/mol. The number of nitrogens with two attached hydrogens (primary N) is 1. The standard InChI is InChI=1S/C18H22N2O2/c1-18(2,3)22-17(21)20-12-6-7-13-10-11-16(19)15-9-5-4-8-14(13)15/h4-11H,12,19H2,1-3H3,(H,20,21). The number of alkyl carbamates (subject to hydrolysis) is 1. The van der Waals surface area contributed by atoms with Gasteiger partial charge in [0.05, 0.1) is 0 Å². The summed E-state index contributed by atoms with van der Waals surface area (Å²) in [5.41, 5.74) is 7.32. The van der Waals surface area contributed by atoms with E-state index in [-0.39, 0.29) is 0 Å². The van der Waals surface area contributed by atoms with Gasteiger partial charge in [-0.3, -0.25) is 0 Å². The van der Waals surface area contributed by atoms with E-state index in [0.717, 1.165) is 22.0 Å². The lowest BCUT2D eigenvalue weighted by Gasteiger charge is -2.19. The molecule has 2 aromatic carbocycles. The Morgan fingerprint density at radius 1 is 1.18 bits per heavy atom. The van der Waals surface area contributed by atoms with Crippen LogP contribution < -0.4 is 11.1 Å². The predicted octanol–water partition coefficient (Wildman–Crippen LogP) is 3.96. The molecule has 0 aliphatic carbocycles. The molecule has 0 saturated heterocycles. The van der Waals surface area contributed by atoms with Gasteiger partial charge in [-0.05, 0) is 37.8 Å². The second-order valence-electron chi connectivity index (χ2n) is 6.07. The SMILES string of the molecule is CC(C)(C)OC(=O)NCC=Cc1ccc(N)c2ccccc12. The van der Waals surface area contributed by atoms with Crippen molar-refractivity contribution in [1.29, 1.82) is 0 Å². The minimum absolute atomic E-state index is 0.410. The van der Waals surface area contributed by atoms with E-state index in [0.29, 0.717) is 6.54 Å². The van der Waals surface area contributed by atoms with Gasteiger partial charge in [0.25, 0.3) is 0 Å². The van der Waals surface area contributed by atoms with Crippen LogP contribution in [-0.4, -0.2) is 18.2 Å². The zero-order valence-corrected chi connectivity index (χ0v) is 13.2. The van der Waals surface area contributed by atoms with Crippen molar-refractivity contribution in [3.63, 3.8) is 0 Å². The molecule has 2 rings (SSSR count). The fourth-order valence-corrected chi connectivity index (χ4v) is 2.13. The van der Waals surface area contributed by atoms with Crippen LogP contribution in [0.5, 0.6) is 0 Å². The minimum Gasteiger partial charge on any atom is -0.444 e. The van der Waals surface area contributed by atoms with Crippen LogP contribution in [0.15, 0.2) is 42.5 Å². The third-order valence-electron chi connectivity index (χ3n) is 3.05. The monoisotopic (exact) mass is 298 g/mol. The van der Waals surface area contributed by atoms with Crippen LogP contribution in [0.25, 0.3) is 16.8 Å². The fraction of sp³-hybridized carbons (Fsp3) is 0.278. The molecule has 116 valence electrons. The van der Waals surface area contributed by atoms with E-state index in [2.05, 4.69) is 5.32 Å². The first-order valence-electron chi connectivity index (χ1n) is 7.27. The number of ether oxygens (including phenoxy) is 1. The molecule has 0 aliphatic rings. The van der Waals surface area contributed by atoms with E-state index >= 15 is 0 Å². The minimum atomic E-state index is -0.485. The fourth-order valence-electron chi connectivity index (χ4n) is 2.13. The first kappa shape index (κ1) is 15.9. The molecule has 4 heteroatoms. The normalized spacial score (nSPS) is 11.8. The van der Waals surface area contributed by atoms with E-state index in [9.17, 15) is 4.79 Å². The van der Waals surface area contributed by atoms with Gasteiger partial charge in [-0.1, -0.05) is 42.5 Å². The molecule has 2 aromatic rings. The molecule has 1 amide bonds. The highest BCUT2D eigenvalue weighted by Crippen LogP contribution is 2.25. The zero-order chi connectivity index (χ0) is 16.2. The van der Waals surface area contributed by atoms with Gasteiger partial charge in [-0.25, -0.2) is 4.79 Å². The maximum atomic E-state index is 11.5. The zero-order valence-electron chi connectivity index (χ0n) is 13.2. The number of nitrogens with one attached hydrogen (secondary N) is 1. The van der Waals surface area contributed by atoms with Crippen LogP contribution in [0.3, 0.4) is 0 Å². The van der Waals surface area contributed by atoms with Gasteiger partial charge < -0.3 is 15.8 Å². The largest absolute Gasteiger partial charge is 0.444 e. The molecule has 0 spiro atoms. The van der Waals surface area contributed by atoms with Gasteiger partial charge in [0.2, 0.25) is 0 Å². The summed E-state index contributed by atoms with van der Waals surface area (Å²) < 4.78 is 5.18. The Balaban J connectivity index is 2.03. The highest BCUT2D eigenvalue weighted by atomic mass is 16.6. The van der Waals surface area contributed by atoms with E-state index in [4.69, 9.17) is 10.5 Å². The summed E-state index contributed by atoms with van der Waals surface area (Å²) >= 11 is 0. The van der Waals surface area contributed by atoms with Crippen LogP contribution in [0, 0.1) is 0 Å². The van der Waals surface area contributed by atoms with Crippen LogP contribution in [-0.2, 0) is 4.74 Å². The van der Waals surface area contributed by atoms with Crippen molar-refractivity contribution in [3.8, 4) is 0 Å². The van der Waals surface area contributed by atoms with Gasteiger partial charge >= 0.3 is 6.09 Å². The number of benzene rings is 2. The van der Waals surface area contributed by atoms with Crippen molar-refractivity contribution in [2.45, 2.75) is 26.4 Å². The lowest BCUT2D eigenvalue weighted by molar-refractivity contribution is 0.0534. The Hall–Kier alpha value is -2.49. The number of anilines is 1. The lowest BCUT2D eigenvalue weighted by Crippen LogP contribution is -2.32. The molecule has 0 atom stereocenters. The number of hydrogen-bond acceptors (Lipinski definition) is 3. The molecule has 0 heterocycles. The summed E-state index contributed by atoms with van der Waals surface area (Å²) in [6.07, 6.45) is 3.44. The molecule has 22 heavy (non-hydrogen) atoms. The quantitative estimate of drug-likeness (QED) is 0.843. The molecule has 0 bridgehead atoms. The average molecular weight is 298 g/mol. The van der Waals surface area contributed by atoms with Crippen molar-refractivity contribution in [2.75, 3.05) is 12.3 Å². The van der Waals surface area contributed by atoms with Gasteiger partial charge in [-0.15, -0.1) is 0 Å². The summed E-state index contributed by atoms with van der Waals surface area (Å²) in [4.78, 5) is 11.5. The third kappa shape index (κ3) is 4.25. The van der Waals surface area contributed by atoms with Gasteiger partial charge in [0.1, 0.15) is 5.60 Å². The van der Waals surface area contributed by atoms with Crippen molar-refractivity contribution in [3.05, 3.63) is 48.0 Å². The molecule has 0 unspecified atom stereocenters. The maximum Gasteiger partial charge on any atom is 0.407 e. The molecule has 0 aliphatic heterocycles. The van der Waals surface area contributed by atoms with Crippen LogP contribution in [0.4, 0.5) is 10.5 Å². The molecule has 0 radical (unpaired) electrons. The van der Waals surface area contributed by atoms with Crippen molar-refractivity contribution in [1.82, 2.24) is 5.32 Å². The van der Waals surface area contributed by atoms with E-state index in [1.807, 2.05) is 69.3 Å². The van der Waals surface area contributed by atoms with Crippen LogP contribution in [0.2, 0.25) is 0 Å². The van der Waals surface area contributed by atoms with E-state index < -0.39 is 11.7 Å². The summed E-state index contributed by atoms with van der Waals surface area (Å²) in [7, 11) is 0. The second kappa shape index (κ2) is 6.52. The van der Waals surface area contributed by atoms with Crippen molar-refractivity contribution < 1.29 is 9.53 Å². The van der Waals surface area contributed by atoms with E-state index in [1.54, 1.807) is 0 Å². The number of nitrogen functional groups attached to an aromatic ring is 1. The molecule has 4 nitrogen and oxygen atoms in total. The molecule has 0 saturated carbocycles. The van der Waals surface area contributed by atoms with Crippen molar-refractivity contribution >= 4 is 28.6 Å². The topological polar surface area (TPSA) is 64.3 Å². The highest BCUT2D eigenvalue weighted by Gasteiger charge is 2.14. The first-order chi connectivity index (χ1) is 10.4. The second-order valence-corrected chi connectivity index (χ2v) is 6.07. The Labute approximate surface area is 131 Å². The van der Waals surface area contributed by atoms with Crippen LogP contribution in [0.1, 0.15) is 26.3 Å². The number of amides is 1. The number of fused-ring (bicyclic) bond motifs is 1. The van der Waals surface area contributed by atoms with Gasteiger partial charge in [-0.2, -0.15) is 0 Å². The number of carbonyl (C=O) groups excluding carboxylic acids is 1. The summed E-state index contributed by atoms with van der Waals surface area (Å²) in [5.74, 6) is 0. The van der Waals surface area contributed by atoms with Gasteiger partial charge in [0, 0.05) is 17.6 Å². The Kier molecular flexibility index (Phi) is 4.71. The maximum absolute atomic E-state index is 11.5. The first-order valence-corrected chi connectivity index (χ1v) is 7.27. The number of rotatable bonds is 3. The number of hydrogen-bond donors (Lipinski definition) is 2. The van der Waals surface area contributed by atoms with E-state index in [1.165, 1.54) is 0 Å². The Morgan fingerprint density at radius 2 is 1.86 bits per heavy atom. The average Bonchev–Trinajstić information content (AvgIpc) is 2.44. The summed E-state index contributed by atoms with van der Waals surface area (Å²) in [6, 6.07) is 11.9. The summed E-state index contributed by atoms with van der Waals surface area (Å²) in [6.45, 7) is 5.92.